The first-order valence-corrected chi connectivity index (χ1v) is 11.5. The van der Waals surface area contributed by atoms with Gasteiger partial charge < -0.3 is 10.1 Å². The number of aryl methyl sites for hydroxylation is 2. The van der Waals surface area contributed by atoms with Gasteiger partial charge in [0.15, 0.2) is 0 Å². The van der Waals surface area contributed by atoms with E-state index in [9.17, 15) is 9.59 Å². The second-order valence-electron chi connectivity index (χ2n) is 6.82. The summed E-state index contributed by atoms with van der Waals surface area (Å²) >= 11 is 2.68. The molecule has 9 heteroatoms. The van der Waals surface area contributed by atoms with Crippen molar-refractivity contribution in [2.24, 2.45) is 0 Å². The van der Waals surface area contributed by atoms with Gasteiger partial charge in [0.05, 0.1) is 17.7 Å². The molecule has 30 heavy (non-hydrogen) atoms. The molecular weight excluding hydrogens is 420 g/mol. The van der Waals surface area contributed by atoms with E-state index in [2.05, 4.69) is 22.2 Å². The number of aromatic nitrogens is 2. The minimum atomic E-state index is -0.188. The van der Waals surface area contributed by atoms with Crippen molar-refractivity contribution in [3.63, 3.8) is 0 Å². The number of carbonyl (C=O) groups is 2. The highest BCUT2D eigenvalue weighted by Gasteiger charge is 2.29. The van der Waals surface area contributed by atoms with E-state index in [-0.39, 0.29) is 16.9 Å². The summed E-state index contributed by atoms with van der Waals surface area (Å²) in [5, 5.41) is 4.10. The Morgan fingerprint density at radius 1 is 1.17 bits per heavy atom. The van der Waals surface area contributed by atoms with Crippen molar-refractivity contribution in [2.75, 3.05) is 30.8 Å². The Hall–Kier alpha value is -2.65. The van der Waals surface area contributed by atoms with Gasteiger partial charge >= 0.3 is 0 Å². The summed E-state index contributed by atoms with van der Waals surface area (Å²) in [5.74, 6) is 2.31. The van der Waals surface area contributed by atoms with Crippen LogP contribution in [0.1, 0.15) is 17.6 Å². The summed E-state index contributed by atoms with van der Waals surface area (Å²) in [5.41, 5.74) is 2.16. The van der Waals surface area contributed by atoms with E-state index in [1.165, 1.54) is 4.90 Å². The zero-order chi connectivity index (χ0) is 21.3. The number of anilines is 1. The second kappa shape index (κ2) is 8.61. The molecule has 1 saturated heterocycles. The fourth-order valence-corrected chi connectivity index (χ4v) is 5.30. The highest BCUT2D eigenvalue weighted by molar-refractivity contribution is 8.14. The monoisotopic (exact) mass is 442 g/mol. The molecule has 0 aliphatic carbocycles. The van der Waals surface area contributed by atoms with Gasteiger partial charge in [-0.1, -0.05) is 23.9 Å². The molecule has 1 aromatic carbocycles. The van der Waals surface area contributed by atoms with Crippen molar-refractivity contribution in [1.82, 2.24) is 14.9 Å². The largest absolute Gasteiger partial charge is 0.494 e. The summed E-state index contributed by atoms with van der Waals surface area (Å²) in [6.07, 6.45) is 0. The van der Waals surface area contributed by atoms with Crippen LogP contribution in [-0.4, -0.2) is 51.5 Å². The number of nitrogens with zero attached hydrogens (tertiary/aromatic N) is 3. The number of ether oxygens (including phenoxy) is 1. The highest BCUT2D eigenvalue weighted by Crippen LogP contribution is 2.41. The third kappa shape index (κ3) is 3.99. The molecule has 2 aromatic heterocycles. The zero-order valence-corrected chi connectivity index (χ0v) is 18.7. The quantitative estimate of drug-likeness (QED) is 0.577. The fraction of sp³-hybridized carbons (Fsp3) is 0.333. The minimum Gasteiger partial charge on any atom is -0.494 e. The number of carbonyl (C=O) groups excluding carboxylic acids is 2. The molecule has 156 valence electrons. The highest BCUT2D eigenvalue weighted by atomic mass is 32.2. The minimum absolute atomic E-state index is 0.141. The topological polar surface area (TPSA) is 84.4 Å². The molecule has 0 bridgehead atoms. The number of thioether (sulfide) groups is 1. The number of fused-ring (bicyclic) bond motifs is 1. The maximum atomic E-state index is 11.8. The van der Waals surface area contributed by atoms with Crippen molar-refractivity contribution >= 4 is 50.3 Å². The van der Waals surface area contributed by atoms with E-state index < -0.39 is 0 Å². The van der Waals surface area contributed by atoms with Crippen LogP contribution in [0, 0.1) is 13.8 Å². The van der Waals surface area contributed by atoms with Crippen molar-refractivity contribution in [3.8, 4) is 16.9 Å². The first-order chi connectivity index (χ1) is 14.5. The number of amides is 2. The Morgan fingerprint density at radius 2 is 1.93 bits per heavy atom. The van der Waals surface area contributed by atoms with E-state index in [1.807, 2.05) is 38.1 Å². The lowest BCUT2D eigenvalue weighted by Crippen LogP contribution is -2.33. The molecule has 3 aromatic rings. The van der Waals surface area contributed by atoms with Gasteiger partial charge in [-0.2, -0.15) is 0 Å². The number of benzene rings is 1. The lowest BCUT2D eigenvalue weighted by atomic mass is 10.0. The summed E-state index contributed by atoms with van der Waals surface area (Å²) in [7, 11) is 0. The van der Waals surface area contributed by atoms with Crippen LogP contribution >= 0.6 is 23.1 Å². The molecule has 0 spiro atoms. The maximum absolute atomic E-state index is 11.8. The summed E-state index contributed by atoms with van der Waals surface area (Å²) in [4.78, 5) is 36.2. The van der Waals surface area contributed by atoms with Crippen LogP contribution in [0.25, 0.3) is 21.3 Å². The average Bonchev–Trinajstić information content (AvgIpc) is 3.21. The normalized spacial score (nSPS) is 14.0. The molecule has 1 aliphatic heterocycles. The molecule has 7 nitrogen and oxygen atoms in total. The Kier molecular flexibility index (Phi) is 5.92. The Balaban J connectivity index is 1.66. The van der Waals surface area contributed by atoms with Crippen molar-refractivity contribution in [3.05, 3.63) is 35.0 Å². The third-order valence-corrected chi connectivity index (χ3v) is 6.62. The first-order valence-electron chi connectivity index (χ1n) is 9.70. The average molecular weight is 443 g/mol. The molecule has 1 aliphatic rings. The number of imide groups is 1. The molecule has 2 amide bonds. The molecule has 0 unspecified atom stereocenters. The fourth-order valence-electron chi connectivity index (χ4n) is 3.46. The van der Waals surface area contributed by atoms with Gasteiger partial charge in [0, 0.05) is 23.5 Å². The van der Waals surface area contributed by atoms with E-state index in [1.54, 1.807) is 11.3 Å². The molecular formula is C21H22N4O3S2. The van der Waals surface area contributed by atoms with Gasteiger partial charge in [-0.05, 0) is 38.5 Å². The third-order valence-electron chi connectivity index (χ3n) is 4.76. The van der Waals surface area contributed by atoms with Crippen molar-refractivity contribution in [1.29, 1.82) is 0 Å². The predicted octanol–water partition coefficient (Wildman–Crippen LogP) is 4.48. The SMILES string of the molecule is CCOc1ccc(-c2c(C)sc3nc(C)nc(NCCN4C(=O)CSC4=O)c23)cc1. The Morgan fingerprint density at radius 3 is 2.60 bits per heavy atom. The predicted molar refractivity (Wildman–Crippen MR) is 122 cm³/mol. The van der Waals surface area contributed by atoms with Crippen LogP contribution in [-0.2, 0) is 4.79 Å². The second-order valence-corrected chi connectivity index (χ2v) is 8.95. The van der Waals surface area contributed by atoms with Crippen LogP contribution in [0.15, 0.2) is 24.3 Å². The molecule has 3 heterocycles. The van der Waals surface area contributed by atoms with Crippen LogP contribution in [0.4, 0.5) is 10.6 Å². The van der Waals surface area contributed by atoms with E-state index in [4.69, 9.17) is 4.74 Å². The smallest absolute Gasteiger partial charge is 0.288 e. The van der Waals surface area contributed by atoms with Gasteiger partial charge in [0.2, 0.25) is 5.91 Å². The lowest BCUT2D eigenvalue weighted by Gasteiger charge is -2.14. The standard InChI is InChI=1S/C21H22N4O3S2/c1-4-28-15-7-5-14(6-8-15)17-12(2)30-20-18(17)19(23-13(3)24-20)22-9-10-25-16(26)11-29-21(25)27/h5-8H,4,9-11H2,1-3H3,(H,22,23,24). The van der Waals surface area contributed by atoms with Crippen LogP contribution in [0.3, 0.4) is 0 Å². The number of rotatable bonds is 7. The maximum Gasteiger partial charge on any atom is 0.288 e. The van der Waals surface area contributed by atoms with Gasteiger partial charge in [0.1, 0.15) is 22.2 Å². The van der Waals surface area contributed by atoms with Crippen LogP contribution in [0.5, 0.6) is 5.75 Å². The molecule has 1 N–H and O–H groups in total. The molecule has 1 fully saturated rings. The Labute approximate surface area is 182 Å². The lowest BCUT2D eigenvalue weighted by molar-refractivity contribution is -0.124. The van der Waals surface area contributed by atoms with Crippen LogP contribution in [0.2, 0.25) is 0 Å². The first kappa shape index (κ1) is 20.6. The van der Waals surface area contributed by atoms with Crippen molar-refractivity contribution in [2.45, 2.75) is 20.8 Å². The van der Waals surface area contributed by atoms with Gasteiger partial charge in [0.25, 0.3) is 5.24 Å². The number of hydrogen-bond acceptors (Lipinski definition) is 8. The van der Waals surface area contributed by atoms with E-state index >= 15 is 0 Å². The molecule has 0 atom stereocenters. The van der Waals surface area contributed by atoms with Gasteiger partial charge in [-0.3, -0.25) is 14.5 Å². The summed E-state index contributed by atoms with van der Waals surface area (Å²) in [6.45, 7) is 7.28. The summed E-state index contributed by atoms with van der Waals surface area (Å²) < 4.78 is 5.56. The van der Waals surface area contributed by atoms with Gasteiger partial charge in [-0.25, -0.2) is 9.97 Å². The Bertz CT molecular complexity index is 1100. The van der Waals surface area contributed by atoms with E-state index in [0.717, 1.165) is 49.5 Å². The van der Waals surface area contributed by atoms with E-state index in [0.29, 0.717) is 25.5 Å². The summed E-state index contributed by atoms with van der Waals surface area (Å²) in [6, 6.07) is 8.02. The molecule has 4 rings (SSSR count). The molecule has 0 saturated carbocycles. The number of nitrogens with one attached hydrogen (secondary N) is 1. The van der Waals surface area contributed by atoms with Crippen molar-refractivity contribution < 1.29 is 14.3 Å². The van der Waals surface area contributed by atoms with Crippen LogP contribution < -0.4 is 10.1 Å². The van der Waals surface area contributed by atoms with Gasteiger partial charge in [-0.15, -0.1) is 11.3 Å². The zero-order valence-electron chi connectivity index (χ0n) is 17.0. The molecule has 0 radical (unpaired) electrons. The number of thiophene rings is 1. The number of hydrogen-bond donors (Lipinski definition) is 1.